The van der Waals surface area contributed by atoms with Crippen molar-refractivity contribution in [3.63, 3.8) is 0 Å². The molecule has 3 rings (SSSR count). The second-order valence-electron chi connectivity index (χ2n) is 5.57. The lowest BCUT2D eigenvalue weighted by Gasteiger charge is -2.14. The Bertz CT molecular complexity index is 1120. The number of hydrogen-bond acceptors (Lipinski definition) is 5. The fourth-order valence-electron chi connectivity index (χ4n) is 2.58. The highest BCUT2D eigenvalue weighted by Gasteiger charge is 2.32. The van der Waals surface area contributed by atoms with Crippen molar-refractivity contribution >= 4 is 32.3 Å². The van der Waals surface area contributed by atoms with Crippen LogP contribution < -0.4 is 15.2 Å². The SMILES string of the molecule is COc1ccc(NS(=O)(=O)c2ccc(C(F)(F)F)cc2N)c2ncccc12. The van der Waals surface area contributed by atoms with Crippen LogP contribution in [0.1, 0.15) is 5.56 Å². The number of sulfonamides is 1. The molecule has 2 aromatic carbocycles. The molecule has 3 aromatic rings. The van der Waals surface area contributed by atoms with Gasteiger partial charge in [-0.2, -0.15) is 13.2 Å². The Labute approximate surface area is 152 Å². The zero-order chi connectivity index (χ0) is 19.8. The summed E-state index contributed by atoms with van der Waals surface area (Å²) < 4.78 is 71.1. The number of alkyl halides is 3. The van der Waals surface area contributed by atoms with Crippen molar-refractivity contribution in [1.29, 1.82) is 0 Å². The van der Waals surface area contributed by atoms with E-state index in [1.165, 1.54) is 19.4 Å². The van der Waals surface area contributed by atoms with E-state index in [0.29, 0.717) is 28.8 Å². The highest BCUT2D eigenvalue weighted by molar-refractivity contribution is 7.93. The number of aromatic nitrogens is 1. The Hall–Kier alpha value is -3.01. The topological polar surface area (TPSA) is 94.3 Å². The van der Waals surface area contributed by atoms with Crippen molar-refractivity contribution in [2.24, 2.45) is 0 Å². The molecule has 0 amide bonds. The summed E-state index contributed by atoms with van der Waals surface area (Å²) in [5.74, 6) is 0.495. The molecule has 6 nitrogen and oxygen atoms in total. The molecule has 0 aliphatic rings. The minimum absolute atomic E-state index is 0.144. The molecule has 0 saturated carbocycles. The van der Waals surface area contributed by atoms with Crippen LogP contribution in [0.3, 0.4) is 0 Å². The summed E-state index contributed by atoms with van der Waals surface area (Å²) in [6, 6.07) is 8.43. The lowest BCUT2D eigenvalue weighted by atomic mass is 10.2. The van der Waals surface area contributed by atoms with Gasteiger partial charge in [0.25, 0.3) is 10.0 Å². The van der Waals surface area contributed by atoms with Gasteiger partial charge in [0.05, 0.1) is 29.6 Å². The third kappa shape index (κ3) is 3.61. The number of fused-ring (bicyclic) bond motifs is 1. The molecule has 0 spiro atoms. The Kier molecular flexibility index (Phi) is 4.60. The standard InChI is InChI=1S/C17H14F3N3O3S/c1-26-14-6-5-13(16-11(14)3-2-8-22-16)23-27(24,25)15-7-4-10(9-12(15)21)17(18,19)20/h2-9,23H,21H2,1H3. The van der Waals surface area contributed by atoms with E-state index in [1.807, 2.05) is 0 Å². The van der Waals surface area contributed by atoms with Crippen molar-refractivity contribution in [2.45, 2.75) is 11.1 Å². The Morgan fingerprint density at radius 3 is 2.52 bits per heavy atom. The third-order valence-corrected chi connectivity index (χ3v) is 5.26. The van der Waals surface area contributed by atoms with E-state index in [9.17, 15) is 21.6 Å². The van der Waals surface area contributed by atoms with Crippen molar-refractivity contribution in [3.8, 4) is 5.75 Å². The van der Waals surface area contributed by atoms with Gasteiger partial charge in [-0.3, -0.25) is 9.71 Å². The maximum Gasteiger partial charge on any atom is 0.416 e. The number of ether oxygens (including phenoxy) is 1. The van der Waals surface area contributed by atoms with E-state index in [4.69, 9.17) is 10.5 Å². The molecule has 0 fully saturated rings. The molecule has 1 heterocycles. The van der Waals surface area contributed by atoms with E-state index >= 15 is 0 Å². The van der Waals surface area contributed by atoms with Crippen LogP contribution in [0.2, 0.25) is 0 Å². The average Bonchev–Trinajstić information content (AvgIpc) is 2.60. The molecule has 10 heteroatoms. The number of benzene rings is 2. The number of methoxy groups -OCH3 is 1. The lowest BCUT2D eigenvalue weighted by molar-refractivity contribution is -0.137. The zero-order valence-electron chi connectivity index (χ0n) is 13.9. The van der Waals surface area contributed by atoms with Gasteiger partial charge in [0.2, 0.25) is 0 Å². The van der Waals surface area contributed by atoms with E-state index in [1.54, 1.807) is 18.2 Å². The highest BCUT2D eigenvalue weighted by atomic mass is 32.2. The van der Waals surface area contributed by atoms with Gasteiger partial charge in [-0.05, 0) is 42.5 Å². The van der Waals surface area contributed by atoms with Gasteiger partial charge in [0.1, 0.15) is 10.6 Å². The second-order valence-corrected chi connectivity index (χ2v) is 7.22. The predicted molar refractivity (Wildman–Crippen MR) is 95.0 cm³/mol. The number of halogens is 3. The molecular formula is C17H14F3N3O3S. The number of nitrogens with one attached hydrogen (secondary N) is 1. The maximum atomic E-state index is 12.7. The third-order valence-electron chi connectivity index (χ3n) is 3.82. The largest absolute Gasteiger partial charge is 0.496 e. The summed E-state index contributed by atoms with van der Waals surface area (Å²) in [6.45, 7) is 0. The van der Waals surface area contributed by atoms with Crippen LogP contribution in [0.5, 0.6) is 5.75 Å². The highest BCUT2D eigenvalue weighted by Crippen LogP contribution is 2.34. The number of nitrogen functional groups attached to an aromatic ring is 1. The maximum absolute atomic E-state index is 12.7. The molecule has 0 aliphatic heterocycles. The smallest absolute Gasteiger partial charge is 0.416 e. The van der Waals surface area contributed by atoms with Gasteiger partial charge in [-0.25, -0.2) is 8.42 Å². The number of nitrogens with zero attached hydrogens (tertiary/aromatic N) is 1. The first-order valence-electron chi connectivity index (χ1n) is 7.55. The first kappa shape index (κ1) is 18.8. The first-order chi connectivity index (χ1) is 12.6. The van der Waals surface area contributed by atoms with Crippen molar-refractivity contribution in [3.05, 3.63) is 54.2 Å². The van der Waals surface area contributed by atoms with Crippen LogP contribution in [0.25, 0.3) is 10.9 Å². The van der Waals surface area contributed by atoms with E-state index in [-0.39, 0.29) is 5.69 Å². The van der Waals surface area contributed by atoms with E-state index in [2.05, 4.69) is 9.71 Å². The van der Waals surface area contributed by atoms with Gasteiger partial charge >= 0.3 is 6.18 Å². The fraction of sp³-hybridized carbons (Fsp3) is 0.118. The minimum Gasteiger partial charge on any atom is -0.496 e. The monoisotopic (exact) mass is 397 g/mol. The summed E-state index contributed by atoms with van der Waals surface area (Å²) in [5, 5.41) is 0.570. The van der Waals surface area contributed by atoms with E-state index in [0.717, 1.165) is 6.07 Å². The van der Waals surface area contributed by atoms with Crippen molar-refractivity contribution < 1.29 is 26.3 Å². The minimum atomic E-state index is -4.63. The zero-order valence-corrected chi connectivity index (χ0v) is 14.7. The number of rotatable bonds is 4. The quantitative estimate of drug-likeness (QED) is 0.656. The normalized spacial score (nSPS) is 12.1. The molecule has 0 atom stereocenters. The Morgan fingerprint density at radius 2 is 1.89 bits per heavy atom. The van der Waals surface area contributed by atoms with Crippen LogP contribution in [-0.2, 0) is 16.2 Å². The molecule has 0 bridgehead atoms. The average molecular weight is 397 g/mol. The molecule has 142 valence electrons. The molecule has 0 unspecified atom stereocenters. The summed E-state index contributed by atoms with van der Waals surface area (Å²) in [7, 11) is -2.77. The van der Waals surface area contributed by atoms with Crippen molar-refractivity contribution in [2.75, 3.05) is 17.6 Å². The van der Waals surface area contributed by atoms with Crippen LogP contribution in [-0.4, -0.2) is 20.5 Å². The molecule has 27 heavy (non-hydrogen) atoms. The van der Waals surface area contributed by atoms with Gasteiger partial charge in [0, 0.05) is 11.6 Å². The molecule has 3 N–H and O–H groups in total. The fourth-order valence-corrected chi connectivity index (χ4v) is 3.76. The number of nitrogens with two attached hydrogens (primary N) is 1. The second kappa shape index (κ2) is 6.62. The number of hydrogen-bond donors (Lipinski definition) is 2. The summed E-state index contributed by atoms with van der Waals surface area (Å²) in [5.41, 5.74) is 4.49. The van der Waals surface area contributed by atoms with Crippen molar-refractivity contribution in [1.82, 2.24) is 4.98 Å². The van der Waals surface area contributed by atoms with Crippen LogP contribution in [0.4, 0.5) is 24.5 Å². The van der Waals surface area contributed by atoms with Crippen LogP contribution >= 0.6 is 0 Å². The predicted octanol–water partition coefficient (Wildman–Crippen LogP) is 3.65. The van der Waals surface area contributed by atoms with Gasteiger partial charge in [-0.15, -0.1) is 0 Å². The van der Waals surface area contributed by atoms with Gasteiger partial charge in [0.15, 0.2) is 0 Å². The Balaban J connectivity index is 2.05. The number of pyridine rings is 1. The Morgan fingerprint density at radius 1 is 1.15 bits per heavy atom. The molecule has 0 aliphatic carbocycles. The van der Waals surface area contributed by atoms with E-state index < -0.39 is 32.3 Å². The van der Waals surface area contributed by atoms with Gasteiger partial charge < -0.3 is 10.5 Å². The first-order valence-corrected chi connectivity index (χ1v) is 9.03. The summed E-state index contributed by atoms with van der Waals surface area (Å²) in [6.07, 6.45) is -3.15. The van der Waals surface area contributed by atoms with Gasteiger partial charge in [-0.1, -0.05) is 0 Å². The molecule has 0 radical (unpaired) electrons. The van der Waals surface area contributed by atoms with Crippen LogP contribution in [0, 0.1) is 0 Å². The molecule has 1 aromatic heterocycles. The lowest BCUT2D eigenvalue weighted by Crippen LogP contribution is -2.16. The summed E-state index contributed by atoms with van der Waals surface area (Å²) >= 11 is 0. The molecule has 0 saturated heterocycles. The van der Waals surface area contributed by atoms with Crippen LogP contribution in [0.15, 0.2) is 53.6 Å². The summed E-state index contributed by atoms with van der Waals surface area (Å²) in [4.78, 5) is 3.69. The molecular weight excluding hydrogens is 383 g/mol. The number of anilines is 2.